The first-order chi connectivity index (χ1) is 9.72. The van der Waals surface area contributed by atoms with Gasteiger partial charge < -0.3 is 5.32 Å². The van der Waals surface area contributed by atoms with Crippen molar-refractivity contribution in [1.29, 1.82) is 0 Å². The van der Waals surface area contributed by atoms with E-state index in [0.717, 1.165) is 41.4 Å². The second kappa shape index (κ2) is 7.33. The lowest BCUT2D eigenvalue weighted by molar-refractivity contribution is 0.616. The number of aryl methyl sites for hydroxylation is 1. The molecule has 1 aromatic heterocycles. The van der Waals surface area contributed by atoms with Gasteiger partial charge in [0.1, 0.15) is 10.8 Å². The van der Waals surface area contributed by atoms with E-state index < -0.39 is 0 Å². The van der Waals surface area contributed by atoms with Crippen LogP contribution in [0, 0.1) is 5.82 Å². The van der Waals surface area contributed by atoms with Gasteiger partial charge >= 0.3 is 0 Å². The molecule has 1 aromatic carbocycles. The van der Waals surface area contributed by atoms with Gasteiger partial charge in [-0.05, 0) is 30.5 Å². The Hall–Kier alpha value is -1.49. The molecule has 0 aliphatic heterocycles. The van der Waals surface area contributed by atoms with E-state index >= 15 is 0 Å². The predicted octanol–water partition coefficient (Wildman–Crippen LogP) is 4.58. The molecule has 0 aliphatic carbocycles. The first kappa shape index (κ1) is 14.9. The summed E-state index contributed by atoms with van der Waals surface area (Å²) in [6.07, 6.45) is 4.16. The molecule has 0 aliphatic rings. The number of benzene rings is 1. The number of aromatic nitrogens is 2. The number of hydrogen-bond acceptors (Lipinski definition) is 4. The Bertz CT molecular complexity index is 524. The third-order valence-corrected chi connectivity index (χ3v) is 4.18. The molecule has 0 radical (unpaired) electrons. The smallest absolute Gasteiger partial charge is 0.206 e. The molecule has 1 atom stereocenters. The van der Waals surface area contributed by atoms with Gasteiger partial charge in [0.05, 0.1) is 6.04 Å². The van der Waals surface area contributed by atoms with E-state index in [2.05, 4.69) is 29.4 Å². The van der Waals surface area contributed by atoms with Crippen LogP contribution in [-0.2, 0) is 6.42 Å². The second-order valence-electron chi connectivity index (χ2n) is 4.75. The minimum Gasteiger partial charge on any atom is -0.353 e. The van der Waals surface area contributed by atoms with Gasteiger partial charge in [-0.25, -0.2) is 4.39 Å². The van der Waals surface area contributed by atoms with E-state index in [4.69, 9.17) is 0 Å². The zero-order chi connectivity index (χ0) is 14.4. The average Bonchev–Trinajstić information content (AvgIpc) is 2.92. The van der Waals surface area contributed by atoms with Crippen LogP contribution >= 0.6 is 11.3 Å². The molecule has 0 amide bonds. The number of anilines is 1. The van der Waals surface area contributed by atoms with E-state index in [1.54, 1.807) is 11.3 Å². The predicted molar refractivity (Wildman–Crippen MR) is 81.6 cm³/mol. The summed E-state index contributed by atoms with van der Waals surface area (Å²) in [5.74, 6) is -0.202. The molecule has 3 nitrogen and oxygen atoms in total. The lowest BCUT2D eigenvalue weighted by atomic mass is 10.0. The van der Waals surface area contributed by atoms with Crippen LogP contribution in [-0.4, -0.2) is 10.2 Å². The van der Waals surface area contributed by atoms with Crippen molar-refractivity contribution < 1.29 is 4.39 Å². The summed E-state index contributed by atoms with van der Waals surface area (Å²) in [4.78, 5) is 0. The Balaban J connectivity index is 2.12. The van der Waals surface area contributed by atoms with Gasteiger partial charge in [-0.2, -0.15) is 0 Å². The van der Waals surface area contributed by atoms with E-state index in [-0.39, 0.29) is 11.9 Å². The quantitative estimate of drug-likeness (QED) is 0.811. The van der Waals surface area contributed by atoms with E-state index in [0.29, 0.717) is 0 Å². The fourth-order valence-electron chi connectivity index (χ4n) is 2.03. The summed E-state index contributed by atoms with van der Waals surface area (Å²) >= 11 is 1.59. The monoisotopic (exact) mass is 293 g/mol. The molecule has 5 heteroatoms. The number of nitrogens with zero attached hydrogens (tertiary/aromatic N) is 2. The minimum absolute atomic E-state index is 0.160. The molecule has 0 saturated carbocycles. The molecular formula is C15H20FN3S. The van der Waals surface area contributed by atoms with Crippen LogP contribution in [0.1, 0.15) is 49.7 Å². The van der Waals surface area contributed by atoms with Crippen molar-refractivity contribution in [3.05, 3.63) is 40.7 Å². The molecule has 20 heavy (non-hydrogen) atoms. The first-order valence-corrected chi connectivity index (χ1v) is 7.89. The van der Waals surface area contributed by atoms with Gasteiger partial charge in [-0.3, -0.25) is 0 Å². The number of unbranched alkanes of at least 4 members (excludes halogenated alkanes) is 1. The molecule has 0 bridgehead atoms. The number of nitrogens with one attached hydrogen (secondary N) is 1. The van der Waals surface area contributed by atoms with Crippen LogP contribution in [0.25, 0.3) is 0 Å². The highest BCUT2D eigenvalue weighted by molar-refractivity contribution is 7.15. The second-order valence-corrected chi connectivity index (χ2v) is 5.81. The third kappa shape index (κ3) is 4.00. The van der Waals surface area contributed by atoms with Crippen LogP contribution in [0.2, 0.25) is 0 Å². The Morgan fingerprint density at radius 2 is 1.95 bits per heavy atom. The lowest BCUT2D eigenvalue weighted by Crippen LogP contribution is -2.10. The van der Waals surface area contributed by atoms with Gasteiger partial charge in [0, 0.05) is 0 Å². The number of halogens is 1. The average molecular weight is 293 g/mol. The Morgan fingerprint density at radius 3 is 2.55 bits per heavy atom. The van der Waals surface area contributed by atoms with Crippen LogP contribution in [0.4, 0.5) is 9.52 Å². The van der Waals surface area contributed by atoms with Gasteiger partial charge in [-0.15, -0.1) is 10.2 Å². The first-order valence-electron chi connectivity index (χ1n) is 7.07. The molecule has 0 saturated heterocycles. The highest BCUT2D eigenvalue weighted by Gasteiger charge is 2.13. The molecule has 108 valence electrons. The summed E-state index contributed by atoms with van der Waals surface area (Å²) in [6, 6.07) is 6.85. The zero-order valence-corrected chi connectivity index (χ0v) is 12.7. The Morgan fingerprint density at radius 1 is 1.20 bits per heavy atom. The van der Waals surface area contributed by atoms with Crippen molar-refractivity contribution in [1.82, 2.24) is 10.2 Å². The fourth-order valence-corrected chi connectivity index (χ4v) is 2.76. The van der Waals surface area contributed by atoms with E-state index in [1.807, 2.05) is 12.1 Å². The van der Waals surface area contributed by atoms with Gasteiger partial charge in [0.2, 0.25) is 5.13 Å². The van der Waals surface area contributed by atoms with Crippen molar-refractivity contribution >= 4 is 16.5 Å². The maximum Gasteiger partial charge on any atom is 0.206 e. The zero-order valence-electron chi connectivity index (χ0n) is 11.9. The largest absolute Gasteiger partial charge is 0.353 e. The summed E-state index contributed by atoms with van der Waals surface area (Å²) in [6.45, 7) is 4.24. The molecule has 1 unspecified atom stereocenters. The Kier molecular flexibility index (Phi) is 5.47. The molecule has 2 aromatic rings. The SMILES string of the molecule is CCCCC(Nc1nnc(CC)s1)c1ccc(F)cc1. The van der Waals surface area contributed by atoms with Crippen LogP contribution in [0.15, 0.2) is 24.3 Å². The summed E-state index contributed by atoms with van der Waals surface area (Å²) in [5, 5.41) is 13.6. The molecule has 1 heterocycles. The minimum atomic E-state index is -0.202. The van der Waals surface area contributed by atoms with Gasteiger partial charge in [0.15, 0.2) is 0 Å². The summed E-state index contributed by atoms with van der Waals surface area (Å²) < 4.78 is 13.0. The molecule has 1 N–H and O–H groups in total. The lowest BCUT2D eigenvalue weighted by Gasteiger charge is -2.18. The fraction of sp³-hybridized carbons (Fsp3) is 0.467. The summed E-state index contributed by atoms with van der Waals surface area (Å²) in [5.41, 5.74) is 1.09. The maximum absolute atomic E-state index is 13.0. The van der Waals surface area contributed by atoms with Crippen molar-refractivity contribution in [2.75, 3.05) is 5.32 Å². The standard InChI is InChI=1S/C15H20FN3S/c1-3-5-6-13(11-7-9-12(16)10-8-11)17-15-19-18-14(4-2)20-15/h7-10,13H,3-6H2,1-2H3,(H,17,19). The van der Waals surface area contributed by atoms with Gasteiger partial charge in [-0.1, -0.05) is 50.2 Å². The number of rotatable bonds is 7. The number of hydrogen-bond donors (Lipinski definition) is 1. The molecule has 0 spiro atoms. The molecular weight excluding hydrogens is 273 g/mol. The molecule has 2 rings (SSSR count). The van der Waals surface area contributed by atoms with E-state index in [1.165, 1.54) is 12.1 Å². The third-order valence-electron chi connectivity index (χ3n) is 3.19. The van der Waals surface area contributed by atoms with Crippen molar-refractivity contribution in [2.24, 2.45) is 0 Å². The normalized spacial score (nSPS) is 12.3. The highest BCUT2D eigenvalue weighted by atomic mass is 32.1. The van der Waals surface area contributed by atoms with Crippen molar-refractivity contribution in [2.45, 2.75) is 45.6 Å². The van der Waals surface area contributed by atoms with Crippen LogP contribution in [0.5, 0.6) is 0 Å². The van der Waals surface area contributed by atoms with Gasteiger partial charge in [0.25, 0.3) is 0 Å². The molecule has 0 fully saturated rings. The highest BCUT2D eigenvalue weighted by Crippen LogP contribution is 2.26. The Labute approximate surface area is 123 Å². The maximum atomic E-state index is 13.0. The van der Waals surface area contributed by atoms with Crippen LogP contribution in [0.3, 0.4) is 0 Å². The van der Waals surface area contributed by atoms with Crippen molar-refractivity contribution in [3.8, 4) is 0 Å². The van der Waals surface area contributed by atoms with Crippen molar-refractivity contribution in [3.63, 3.8) is 0 Å². The van der Waals surface area contributed by atoms with Crippen LogP contribution < -0.4 is 5.32 Å². The topological polar surface area (TPSA) is 37.8 Å². The van der Waals surface area contributed by atoms with E-state index in [9.17, 15) is 4.39 Å². The summed E-state index contributed by atoms with van der Waals surface area (Å²) in [7, 11) is 0.